The summed E-state index contributed by atoms with van der Waals surface area (Å²) in [6.45, 7) is 0.525. The molecule has 4 rings (SSSR count). The van der Waals surface area contributed by atoms with E-state index in [4.69, 9.17) is 15.2 Å². The molecule has 1 saturated heterocycles. The first-order valence-electron chi connectivity index (χ1n) is 11.4. The van der Waals surface area contributed by atoms with Crippen molar-refractivity contribution in [3.8, 4) is 11.5 Å². The second-order valence-electron chi connectivity index (χ2n) is 8.95. The fourth-order valence-corrected chi connectivity index (χ4v) is 5.87. The van der Waals surface area contributed by atoms with Gasteiger partial charge in [0.05, 0.1) is 14.2 Å². The van der Waals surface area contributed by atoms with Crippen molar-refractivity contribution < 1.29 is 27.4 Å². The lowest BCUT2D eigenvalue weighted by molar-refractivity contribution is 0.136. The zero-order valence-corrected chi connectivity index (χ0v) is 19.4. The fourth-order valence-electron chi connectivity index (χ4n) is 5.87. The zero-order valence-electron chi connectivity index (χ0n) is 19.4. The number of hydrogen-bond acceptors (Lipinski definition) is 4. The molecule has 2 N–H and O–H groups in total. The molecule has 2 amide bonds. The van der Waals surface area contributed by atoms with Crippen LogP contribution in [0.2, 0.25) is 0 Å². The molecule has 2 aromatic rings. The van der Waals surface area contributed by atoms with Gasteiger partial charge in [0.15, 0.2) is 23.1 Å². The molecule has 0 bridgehead atoms. The van der Waals surface area contributed by atoms with Crippen LogP contribution in [0.1, 0.15) is 31.2 Å². The molecule has 2 aliphatic rings. The fraction of sp³-hybridized carbons (Fsp3) is 0.480. The Kier molecular flexibility index (Phi) is 6.93. The highest BCUT2D eigenvalue weighted by Crippen LogP contribution is 2.51. The number of halogens is 3. The minimum absolute atomic E-state index is 0.0627. The molecule has 2 aromatic carbocycles. The van der Waals surface area contributed by atoms with Crippen LogP contribution in [0.15, 0.2) is 36.4 Å². The third-order valence-electron chi connectivity index (χ3n) is 7.46. The molecule has 1 saturated carbocycles. The monoisotopic (exact) mass is 477 g/mol. The topological polar surface area (TPSA) is 68.0 Å². The quantitative estimate of drug-likeness (QED) is 0.642. The summed E-state index contributed by atoms with van der Waals surface area (Å²) in [5, 5.41) is 0. The standard InChI is InChI=1S/C25H30F3N3O3/c1-33-21-6-3-16(13-22(21)34-2)25-8-7-18(15-23(25)30(11-9-25)12-10-26)31(24(29)32)17-4-5-19(27)20(28)14-17/h3-6,13-14,18,23H,7-12,15H2,1-2H3,(H2,29,32)/t18-,23+,25+/m1/s1. The molecule has 0 spiro atoms. The summed E-state index contributed by atoms with van der Waals surface area (Å²) < 4.78 is 51.8. The third kappa shape index (κ3) is 4.17. The summed E-state index contributed by atoms with van der Waals surface area (Å²) in [6, 6.07) is 8.08. The number of alkyl halides is 1. The van der Waals surface area contributed by atoms with Crippen LogP contribution in [0.25, 0.3) is 0 Å². The number of methoxy groups -OCH3 is 2. The van der Waals surface area contributed by atoms with Crippen molar-refractivity contribution in [2.24, 2.45) is 5.73 Å². The summed E-state index contributed by atoms with van der Waals surface area (Å²) in [4.78, 5) is 15.9. The highest BCUT2D eigenvalue weighted by atomic mass is 19.2. The Labute approximate surface area is 197 Å². The Hall–Kier alpha value is -2.94. The number of urea groups is 1. The van der Waals surface area contributed by atoms with Gasteiger partial charge in [0.1, 0.15) is 6.67 Å². The van der Waals surface area contributed by atoms with Gasteiger partial charge in [-0.3, -0.25) is 9.80 Å². The Balaban J connectivity index is 1.70. The van der Waals surface area contributed by atoms with Gasteiger partial charge in [0.2, 0.25) is 0 Å². The van der Waals surface area contributed by atoms with Gasteiger partial charge < -0.3 is 15.2 Å². The second kappa shape index (κ2) is 9.74. The average molecular weight is 478 g/mol. The van der Waals surface area contributed by atoms with Crippen molar-refractivity contribution in [3.05, 3.63) is 53.6 Å². The predicted octanol–water partition coefficient (Wildman–Crippen LogP) is 4.40. The first kappa shape index (κ1) is 24.2. The molecule has 34 heavy (non-hydrogen) atoms. The van der Waals surface area contributed by atoms with Crippen molar-refractivity contribution in [2.75, 3.05) is 38.9 Å². The van der Waals surface area contributed by atoms with E-state index in [1.165, 1.54) is 11.0 Å². The molecule has 1 aliphatic heterocycles. The van der Waals surface area contributed by atoms with Crippen molar-refractivity contribution >= 4 is 11.7 Å². The highest BCUT2D eigenvalue weighted by Gasteiger charge is 2.52. The van der Waals surface area contributed by atoms with E-state index in [2.05, 4.69) is 4.90 Å². The molecule has 2 fully saturated rings. The van der Waals surface area contributed by atoms with E-state index < -0.39 is 24.3 Å². The summed E-state index contributed by atoms with van der Waals surface area (Å²) in [5.41, 5.74) is 6.73. The number of ether oxygens (including phenoxy) is 2. The van der Waals surface area contributed by atoms with Gasteiger partial charge in [0, 0.05) is 35.8 Å². The largest absolute Gasteiger partial charge is 0.493 e. The summed E-state index contributed by atoms with van der Waals surface area (Å²) in [5.74, 6) is -0.780. The van der Waals surface area contributed by atoms with Crippen LogP contribution in [0.3, 0.4) is 0 Å². The van der Waals surface area contributed by atoms with Crippen LogP contribution >= 0.6 is 0 Å². The number of anilines is 1. The van der Waals surface area contributed by atoms with Crippen molar-refractivity contribution in [3.63, 3.8) is 0 Å². The minimum atomic E-state index is -1.04. The number of likely N-dealkylation sites (tertiary alicyclic amines) is 1. The van der Waals surface area contributed by atoms with Crippen molar-refractivity contribution in [2.45, 2.75) is 43.2 Å². The molecule has 3 atom stereocenters. The molecule has 184 valence electrons. The van der Waals surface area contributed by atoms with Gasteiger partial charge in [-0.25, -0.2) is 18.0 Å². The Morgan fingerprint density at radius 2 is 1.88 bits per heavy atom. The van der Waals surface area contributed by atoms with Gasteiger partial charge in [-0.2, -0.15) is 0 Å². The number of amides is 2. The van der Waals surface area contributed by atoms with Gasteiger partial charge in [0.25, 0.3) is 0 Å². The van der Waals surface area contributed by atoms with Crippen LogP contribution in [0, 0.1) is 11.6 Å². The molecule has 6 nitrogen and oxygen atoms in total. The van der Waals surface area contributed by atoms with Crippen LogP contribution in [0.4, 0.5) is 23.7 Å². The Morgan fingerprint density at radius 3 is 2.53 bits per heavy atom. The summed E-state index contributed by atoms with van der Waals surface area (Å²) in [6.07, 6.45) is 2.68. The van der Waals surface area contributed by atoms with Crippen LogP contribution < -0.4 is 20.1 Å². The molecular weight excluding hydrogens is 447 g/mol. The molecule has 0 unspecified atom stereocenters. The maximum atomic E-state index is 13.9. The molecule has 0 radical (unpaired) electrons. The van der Waals surface area contributed by atoms with E-state index in [1.54, 1.807) is 14.2 Å². The van der Waals surface area contributed by atoms with Gasteiger partial charge in [-0.1, -0.05) is 6.07 Å². The maximum Gasteiger partial charge on any atom is 0.319 e. The van der Waals surface area contributed by atoms with Gasteiger partial charge in [-0.05, 0) is 62.1 Å². The van der Waals surface area contributed by atoms with E-state index in [1.807, 2.05) is 18.2 Å². The zero-order chi connectivity index (χ0) is 24.5. The number of rotatable bonds is 7. The lowest BCUT2D eigenvalue weighted by Crippen LogP contribution is -2.55. The van der Waals surface area contributed by atoms with E-state index in [-0.39, 0.29) is 29.7 Å². The van der Waals surface area contributed by atoms with Crippen LogP contribution in [-0.4, -0.2) is 57.0 Å². The van der Waals surface area contributed by atoms with Crippen LogP contribution in [-0.2, 0) is 5.41 Å². The van der Waals surface area contributed by atoms with E-state index in [0.717, 1.165) is 30.7 Å². The number of hydrogen-bond donors (Lipinski definition) is 1. The lowest BCUT2D eigenvalue weighted by atomic mass is 9.64. The minimum Gasteiger partial charge on any atom is -0.493 e. The number of benzene rings is 2. The number of carbonyl (C=O) groups is 1. The van der Waals surface area contributed by atoms with E-state index in [9.17, 15) is 18.0 Å². The molecule has 1 aliphatic carbocycles. The van der Waals surface area contributed by atoms with E-state index in [0.29, 0.717) is 30.8 Å². The SMILES string of the molecule is COc1ccc([C@@]23CC[C@@H](N(C(N)=O)c4ccc(F)c(F)c4)C[C@@H]2N(CCF)CC3)cc1OC. The normalized spacial score (nSPS) is 24.5. The van der Waals surface area contributed by atoms with Crippen molar-refractivity contribution in [1.29, 1.82) is 0 Å². The first-order chi connectivity index (χ1) is 16.3. The third-order valence-corrected chi connectivity index (χ3v) is 7.46. The number of fused-ring (bicyclic) bond motifs is 1. The number of primary amides is 1. The summed E-state index contributed by atoms with van der Waals surface area (Å²) in [7, 11) is 3.17. The number of nitrogens with two attached hydrogens (primary N) is 1. The molecule has 1 heterocycles. The molecular formula is C25H30F3N3O3. The lowest BCUT2D eigenvalue weighted by Gasteiger charge is -2.47. The average Bonchev–Trinajstić information content (AvgIpc) is 3.20. The summed E-state index contributed by atoms with van der Waals surface area (Å²) >= 11 is 0. The van der Waals surface area contributed by atoms with Crippen LogP contribution in [0.5, 0.6) is 11.5 Å². The van der Waals surface area contributed by atoms with Gasteiger partial charge in [-0.15, -0.1) is 0 Å². The molecule has 9 heteroatoms. The highest BCUT2D eigenvalue weighted by molar-refractivity contribution is 5.91. The second-order valence-corrected chi connectivity index (χ2v) is 8.95. The Bertz CT molecular complexity index is 1050. The first-order valence-corrected chi connectivity index (χ1v) is 11.4. The van der Waals surface area contributed by atoms with E-state index >= 15 is 0 Å². The number of nitrogens with zero attached hydrogens (tertiary/aromatic N) is 2. The number of carbonyl (C=O) groups excluding carboxylic acids is 1. The Morgan fingerprint density at radius 1 is 1.12 bits per heavy atom. The molecule has 0 aromatic heterocycles. The van der Waals surface area contributed by atoms with Gasteiger partial charge >= 0.3 is 6.03 Å². The predicted molar refractivity (Wildman–Crippen MR) is 123 cm³/mol. The smallest absolute Gasteiger partial charge is 0.319 e. The van der Waals surface area contributed by atoms with Crippen molar-refractivity contribution in [1.82, 2.24) is 4.90 Å². The maximum absolute atomic E-state index is 13.9.